The van der Waals surface area contributed by atoms with Crippen molar-refractivity contribution in [3.63, 3.8) is 0 Å². The highest BCUT2D eigenvalue weighted by Crippen LogP contribution is 2.16. The van der Waals surface area contributed by atoms with Crippen molar-refractivity contribution in [2.75, 3.05) is 32.0 Å². The van der Waals surface area contributed by atoms with Crippen LogP contribution in [0.15, 0.2) is 12.7 Å². The van der Waals surface area contributed by atoms with E-state index in [1.54, 1.807) is 0 Å². The molecule has 0 radical (unpaired) electrons. The second-order valence-corrected chi connectivity index (χ2v) is 5.53. The Hall–Kier alpha value is -1.80. The fourth-order valence-electron chi connectivity index (χ4n) is 2.33. The van der Waals surface area contributed by atoms with Crippen LogP contribution in [0.5, 0.6) is 0 Å². The molecule has 1 aliphatic heterocycles. The van der Waals surface area contributed by atoms with Crippen molar-refractivity contribution in [1.29, 1.82) is 0 Å². The number of piperidine rings is 1. The Morgan fingerprint density at radius 2 is 2.10 bits per heavy atom. The molecule has 1 N–H and O–H groups in total. The second kappa shape index (κ2) is 6.31. The van der Waals surface area contributed by atoms with E-state index in [-0.39, 0.29) is 5.28 Å². The van der Waals surface area contributed by atoms with Crippen molar-refractivity contribution in [2.45, 2.75) is 12.8 Å². The van der Waals surface area contributed by atoms with Crippen LogP contribution in [-0.2, 0) is 0 Å². The van der Waals surface area contributed by atoms with Crippen LogP contribution < -0.4 is 5.32 Å². The molecule has 21 heavy (non-hydrogen) atoms. The Morgan fingerprint density at radius 1 is 1.29 bits per heavy atom. The topological polar surface area (TPSA) is 84.6 Å². The largest absolute Gasteiger partial charge is 0.354 e. The van der Waals surface area contributed by atoms with E-state index in [4.69, 9.17) is 11.6 Å². The Morgan fingerprint density at radius 3 is 2.81 bits per heavy atom. The van der Waals surface area contributed by atoms with Gasteiger partial charge in [-0.2, -0.15) is 24.7 Å². The molecule has 3 heterocycles. The van der Waals surface area contributed by atoms with Gasteiger partial charge in [0.05, 0.1) is 0 Å². The van der Waals surface area contributed by atoms with Crippen LogP contribution in [0.2, 0.25) is 5.28 Å². The van der Waals surface area contributed by atoms with Crippen molar-refractivity contribution >= 4 is 17.5 Å². The third-order valence-electron chi connectivity index (χ3n) is 3.61. The minimum absolute atomic E-state index is 0.140. The van der Waals surface area contributed by atoms with Gasteiger partial charge in [0, 0.05) is 6.54 Å². The van der Waals surface area contributed by atoms with Crippen molar-refractivity contribution < 1.29 is 0 Å². The van der Waals surface area contributed by atoms with E-state index in [0.717, 1.165) is 19.6 Å². The highest BCUT2D eigenvalue weighted by molar-refractivity contribution is 6.28. The molecule has 0 bridgehead atoms. The molecule has 1 fully saturated rings. The Balaban J connectivity index is 1.65. The first-order chi connectivity index (χ1) is 10.2. The van der Waals surface area contributed by atoms with Crippen LogP contribution >= 0.6 is 11.6 Å². The molecule has 3 rings (SSSR count). The lowest BCUT2D eigenvalue weighted by atomic mass is 9.97. The minimum atomic E-state index is 0.140. The molecule has 0 aliphatic carbocycles. The molecular weight excluding hydrogens is 292 g/mol. The Bertz CT molecular complexity index is 579. The van der Waals surface area contributed by atoms with Gasteiger partial charge in [-0.25, -0.2) is 4.98 Å². The first kappa shape index (κ1) is 14.2. The highest BCUT2D eigenvalue weighted by Gasteiger charge is 2.17. The van der Waals surface area contributed by atoms with E-state index in [1.807, 2.05) is 0 Å². The van der Waals surface area contributed by atoms with E-state index in [9.17, 15) is 0 Å². The fraction of sp³-hybridized carbons (Fsp3) is 0.583. The van der Waals surface area contributed by atoms with Crippen LogP contribution in [-0.4, -0.2) is 61.3 Å². The summed E-state index contributed by atoms with van der Waals surface area (Å²) < 4.78 is 1.45. The van der Waals surface area contributed by atoms with E-state index < -0.39 is 0 Å². The zero-order chi connectivity index (χ0) is 14.7. The maximum atomic E-state index is 5.94. The fourth-order valence-corrected chi connectivity index (χ4v) is 2.49. The lowest BCUT2D eigenvalue weighted by Crippen LogP contribution is -2.33. The highest BCUT2D eigenvalue weighted by atomic mass is 35.5. The molecule has 0 aromatic carbocycles. The van der Waals surface area contributed by atoms with Crippen molar-refractivity contribution in [2.24, 2.45) is 5.92 Å². The number of halogens is 1. The van der Waals surface area contributed by atoms with Gasteiger partial charge in [-0.1, -0.05) is 0 Å². The number of likely N-dealkylation sites (tertiary alicyclic amines) is 1. The summed E-state index contributed by atoms with van der Waals surface area (Å²) in [6.07, 6.45) is 5.30. The molecule has 0 atom stereocenters. The maximum absolute atomic E-state index is 5.94. The van der Waals surface area contributed by atoms with Gasteiger partial charge in [0.1, 0.15) is 12.7 Å². The molecule has 112 valence electrons. The number of nitrogens with one attached hydrogen (secondary N) is 1. The predicted octanol–water partition coefficient (Wildman–Crippen LogP) is 0.859. The molecule has 1 aliphatic rings. The summed E-state index contributed by atoms with van der Waals surface area (Å²) >= 11 is 5.94. The van der Waals surface area contributed by atoms with E-state index in [1.165, 1.54) is 30.2 Å². The molecule has 2 aromatic heterocycles. The smallest absolute Gasteiger partial charge is 0.258 e. The summed E-state index contributed by atoms with van der Waals surface area (Å²) in [6, 6.07) is 0. The molecular formula is C12H17ClN8. The summed E-state index contributed by atoms with van der Waals surface area (Å²) in [5.74, 6) is 1.46. The van der Waals surface area contributed by atoms with Crippen LogP contribution in [0.3, 0.4) is 0 Å². The third-order valence-corrected chi connectivity index (χ3v) is 3.78. The molecule has 0 amide bonds. The van der Waals surface area contributed by atoms with Crippen molar-refractivity contribution in [3.05, 3.63) is 17.9 Å². The van der Waals surface area contributed by atoms with Gasteiger partial charge in [0.25, 0.3) is 5.95 Å². The monoisotopic (exact) mass is 308 g/mol. The van der Waals surface area contributed by atoms with E-state index >= 15 is 0 Å². The van der Waals surface area contributed by atoms with Crippen molar-refractivity contribution in [3.8, 4) is 5.95 Å². The number of aromatic nitrogens is 6. The Labute approximate surface area is 127 Å². The lowest BCUT2D eigenvalue weighted by Gasteiger charge is -2.28. The average Bonchev–Trinajstić information content (AvgIpc) is 3.00. The van der Waals surface area contributed by atoms with Crippen LogP contribution in [0.1, 0.15) is 12.8 Å². The zero-order valence-electron chi connectivity index (χ0n) is 11.8. The molecule has 9 heteroatoms. The third kappa shape index (κ3) is 3.64. The van der Waals surface area contributed by atoms with Gasteiger partial charge < -0.3 is 10.2 Å². The Kier molecular flexibility index (Phi) is 4.26. The second-order valence-electron chi connectivity index (χ2n) is 5.20. The summed E-state index contributed by atoms with van der Waals surface area (Å²) in [5, 5.41) is 7.37. The molecule has 0 unspecified atom stereocenters. The molecule has 2 aromatic rings. The zero-order valence-corrected chi connectivity index (χ0v) is 12.5. The van der Waals surface area contributed by atoms with Gasteiger partial charge in [-0.05, 0) is 50.5 Å². The van der Waals surface area contributed by atoms with Gasteiger partial charge in [0.15, 0.2) is 0 Å². The molecule has 1 saturated heterocycles. The quantitative estimate of drug-likeness (QED) is 0.896. The number of hydrogen-bond acceptors (Lipinski definition) is 7. The standard InChI is InChI=1S/C12H17ClN8/c1-20-4-2-9(3-5-20)6-15-11-17-10(13)18-12(19-11)21-8-14-7-16-21/h7-9H,2-6H2,1H3,(H,15,17,18,19). The minimum Gasteiger partial charge on any atom is -0.354 e. The number of nitrogens with zero attached hydrogens (tertiary/aromatic N) is 7. The summed E-state index contributed by atoms with van der Waals surface area (Å²) in [5.41, 5.74) is 0. The lowest BCUT2D eigenvalue weighted by molar-refractivity contribution is 0.226. The predicted molar refractivity (Wildman–Crippen MR) is 78.5 cm³/mol. The van der Waals surface area contributed by atoms with E-state index in [0.29, 0.717) is 17.8 Å². The van der Waals surface area contributed by atoms with E-state index in [2.05, 4.69) is 42.3 Å². The van der Waals surface area contributed by atoms with Crippen LogP contribution in [0.25, 0.3) is 5.95 Å². The first-order valence-electron chi connectivity index (χ1n) is 6.89. The van der Waals surface area contributed by atoms with Crippen LogP contribution in [0, 0.1) is 5.92 Å². The number of anilines is 1. The van der Waals surface area contributed by atoms with Gasteiger partial charge in [0.2, 0.25) is 11.2 Å². The summed E-state index contributed by atoms with van der Waals surface area (Å²) in [4.78, 5) is 18.7. The summed E-state index contributed by atoms with van der Waals surface area (Å²) in [7, 11) is 2.15. The number of hydrogen-bond donors (Lipinski definition) is 1. The van der Waals surface area contributed by atoms with Gasteiger partial charge in [-0.15, -0.1) is 0 Å². The molecule has 0 spiro atoms. The first-order valence-corrected chi connectivity index (χ1v) is 7.27. The SMILES string of the molecule is CN1CCC(CNc2nc(Cl)nc(-n3cncn3)n2)CC1. The number of rotatable bonds is 4. The van der Waals surface area contributed by atoms with Gasteiger partial charge >= 0.3 is 0 Å². The normalized spacial score (nSPS) is 17.0. The summed E-state index contributed by atoms with van der Waals surface area (Å²) in [6.45, 7) is 3.11. The molecule has 0 saturated carbocycles. The maximum Gasteiger partial charge on any atom is 0.258 e. The molecule has 8 nitrogen and oxygen atoms in total. The average molecular weight is 309 g/mol. The van der Waals surface area contributed by atoms with Gasteiger partial charge in [-0.3, -0.25) is 0 Å². The van der Waals surface area contributed by atoms with Crippen molar-refractivity contribution in [1.82, 2.24) is 34.6 Å². The van der Waals surface area contributed by atoms with Crippen LogP contribution in [0.4, 0.5) is 5.95 Å².